The van der Waals surface area contributed by atoms with Crippen molar-refractivity contribution < 1.29 is 14.7 Å². The topological polar surface area (TPSA) is 91.3 Å². The van der Waals surface area contributed by atoms with E-state index in [-0.39, 0.29) is 28.5 Å². The summed E-state index contributed by atoms with van der Waals surface area (Å²) in [5.41, 5.74) is 4.68. The van der Waals surface area contributed by atoms with Gasteiger partial charge in [-0.1, -0.05) is 48.0 Å². The summed E-state index contributed by atoms with van der Waals surface area (Å²) in [6, 6.07) is 19.6. The molecule has 1 atom stereocenters. The van der Waals surface area contributed by atoms with Crippen LogP contribution >= 0.6 is 22.9 Å². The van der Waals surface area contributed by atoms with Crippen molar-refractivity contribution >= 4 is 45.6 Å². The Morgan fingerprint density at radius 3 is 2.74 bits per heavy atom. The number of halogens is 1. The highest BCUT2D eigenvalue weighted by molar-refractivity contribution is 7.14. The number of amides is 2. The summed E-state index contributed by atoms with van der Waals surface area (Å²) >= 11 is 7.27. The minimum absolute atomic E-state index is 0.0495. The van der Waals surface area contributed by atoms with E-state index in [4.69, 9.17) is 11.6 Å². The predicted octanol–water partition coefficient (Wildman–Crippen LogP) is 6.09. The number of benzene rings is 3. The van der Waals surface area contributed by atoms with Gasteiger partial charge in [0.25, 0.3) is 5.91 Å². The van der Waals surface area contributed by atoms with Crippen LogP contribution in [0.1, 0.15) is 33.8 Å². The average molecular weight is 490 g/mol. The molecule has 0 bridgehead atoms. The van der Waals surface area contributed by atoms with Crippen molar-refractivity contribution in [1.82, 2.24) is 4.98 Å². The predicted molar refractivity (Wildman–Crippen MR) is 135 cm³/mol. The van der Waals surface area contributed by atoms with Crippen LogP contribution < -0.4 is 10.6 Å². The second-order valence-corrected chi connectivity index (χ2v) is 9.28. The number of hydrogen-bond acceptors (Lipinski definition) is 5. The first kappa shape index (κ1) is 22.1. The van der Waals surface area contributed by atoms with Gasteiger partial charge in [-0.2, -0.15) is 0 Å². The molecule has 1 aromatic heterocycles. The van der Waals surface area contributed by atoms with E-state index in [0.29, 0.717) is 22.1 Å². The third-order valence-corrected chi connectivity index (χ3v) is 6.87. The van der Waals surface area contributed by atoms with Crippen molar-refractivity contribution in [3.63, 3.8) is 0 Å². The van der Waals surface area contributed by atoms with Crippen molar-refractivity contribution in [3.8, 4) is 17.0 Å². The van der Waals surface area contributed by atoms with Crippen LogP contribution in [-0.4, -0.2) is 21.9 Å². The van der Waals surface area contributed by atoms with Crippen LogP contribution in [0.2, 0.25) is 5.02 Å². The standard InChI is InChI=1S/C26H20ClN3O3S/c27-21-13-18(9-11-23(21)31)28-24(32)17-6-3-5-16(12-17)22-14-34-26(29-22)30-25(33)20-10-8-15-4-1-2-7-19(15)20/h1-7,9,11-14,20,31H,8,10H2,(H,28,32)(H,29,30,33). The molecule has 5 rings (SSSR count). The molecule has 0 spiro atoms. The van der Waals surface area contributed by atoms with E-state index >= 15 is 0 Å². The fourth-order valence-electron chi connectivity index (χ4n) is 4.09. The molecule has 3 N–H and O–H groups in total. The van der Waals surface area contributed by atoms with Crippen molar-refractivity contribution in [2.75, 3.05) is 10.6 Å². The number of phenols is 1. The molecule has 0 radical (unpaired) electrons. The van der Waals surface area contributed by atoms with Gasteiger partial charge in [0.15, 0.2) is 5.13 Å². The van der Waals surface area contributed by atoms with Crippen LogP contribution in [0.25, 0.3) is 11.3 Å². The lowest BCUT2D eigenvalue weighted by atomic mass is 10.0. The van der Waals surface area contributed by atoms with Gasteiger partial charge in [0, 0.05) is 22.2 Å². The van der Waals surface area contributed by atoms with Crippen LogP contribution in [0.5, 0.6) is 5.75 Å². The number of aromatic hydroxyl groups is 1. The number of phenolic OH excluding ortho intramolecular Hbond substituents is 1. The smallest absolute Gasteiger partial charge is 0.255 e. The summed E-state index contributed by atoms with van der Waals surface area (Å²) < 4.78 is 0. The Hall–Kier alpha value is -3.68. The molecular formula is C26H20ClN3O3S. The number of aromatic nitrogens is 1. The highest BCUT2D eigenvalue weighted by atomic mass is 35.5. The second kappa shape index (κ2) is 9.29. The Morgan fingerprint density at radius 1 is 1.03 bits per heavy atom. The summed E-state index contributed by atoms with van der Waals surface area (Å²) in [5, 5.41) is 17.8. The highest BCUT2D eigenvalue weighted by Gasteiger charge is 2.28. The number of rotatable bonds is 5. The number of anilines is 2. The molecule has 1 heterocycles. The Balaban J connectivity index is 1.29. The molecule has 2 amide bonds. The summed E-state index contributed by atoms with van der Waals surface area (Å²) in [6.45, 7) is 0. The van der Waals surface area contributed by atoms with Gasteiger partial charge in [-0.05, 0) is 54.3 Å². The zero-order valence-corrected chi connectivity index (χ0v) is 19.5. The Kier molecular flexibility index (Phi) is 6.04. The number of thiazole rings is 1. The maximum atomic E-state index is 12.9. The number of aryl methyl sites for hydroxylation is 1. The number of nitrogens with one attached hydrogen (secondary N) is 2. The quantitative estimate of drug-likeness (QED) is 0.296. The Labute approximate surface area is 205 Å². The lowest BCUT2D eigenvalue weighted by Gasteiger charge is -2.10. The van der Waals surface area contributed by atoms with Gasteiger partial charge < -0.3 is 15.7 Å². The molecule has 0 saturated heterocycles. The molecule has 170 valence electrons. The molecule has 6 nitrogen and oxygen atoms in total. The van der Waals surface area contributed by atoms with E-state index in [1.54, 1.807) is 24.3 Å². The third-order valence-electron chi connectivity index (χ3n) is 5.81. The summed E-state index contributed by atoms with van der Waals surface area (Å²) in [6.07, 6.45) is 1.70. The van der Waals surface area contributed by atoms with E-state index in [9.17, 15) is 14.7 Å². The van der Waals surface area contributed by atoms with Crippen LogP contribution in [0.15, 0.2) is 72.1 Å². The lowest BCUT2D eigenvalue weighted by molar-refractivity contribution is -0.117. The highest BCUT2D eigenvalue weighted by Crippen LogP contribution is 2.34. The summed E-state index contributed by atoms with van der Waals surface area (Å²) in [4.78, 5) is 30.1. The SMILES string of the molecule is O=C(Nc1ccc(O)c(Cl)c1)c1cccc(-c2csc(NC(=O)C3CCc4ccccc43)n2)c1. The van der Waals surface area contributed by atoms with Gasteiger partial charge in [-0.25, -0.2) is 4.98 Å². The van der Waals surface area contributed by atoms with Gasteiger partial charge >= 0.3 is 0 Å². The van der Waals surface area contributed by atoms with E-state index in [1.807, 2.05) is 29.6 Å². The first-order chi connectivity index (χ1) is 16.5. The summed E-state index contributed by atoms with van der Waals surface area (Å²) in [7, 11) is 0. The second-order valence-electron chi connectivity index (χ2n) is 8.02. The third kappa shape index (κ3) is 4.53. The van der Waals surface area contributed by atoms with Crippen LogP contribution in [0.4, 0.5) is 10.8 Å². The molecule has 4 aromatic rings. The normalized spacial score (nSPS) is 14.4. The Bertz CT molecular complexity index is 1400. The minimum Gasteiger partial charge on any atom is -0.506 e. The van der Waals surface area contributed by atoms with Crippen LogP contribution in [0, 0.1) is 0 Å². The van der Waals surface area contributed by atoms with Crippen molar-refractivity contribution in [2.24, 2.45) is 0 Å². The zero-order chi connectivity index (χ0) is 23.7. The first-order valence-electron chi connectivity index (χ1n) is 10.7. The van der Waals surface area contributed by atoms with Gasteiger partial charge in [0.05, 0.1) is 16.6 Å². The largest absolute Gasteiger partial charge is 0.506 e. The van der Waals surface area contributed by atoms with Crippen molar-refractivity contribution in [2.45, 2.75) is 18.8 Å². The Morgan fingerprint density at radius 2 is 1.88 bits per heavy atom. The lowest BCUT2D eigenvalue weighted by Crippen LogP contribution is -2.19. The first-order valence-corrected chi connectivity index (χ1v) is 12.0. The van der Waals surface area contributed by atoms with Gasteiger partial charge in [0.1, 0.15) is 5.75 Å². The molecule has 1 aliphatic carbocycles. The van der Waals surface area contributed by atoms with Crippen molar-refractivity contribution in [1.29, 1.82) is 0 Å². The average Bonchev–Trinajstić information content (AvgIpc) is 3.49. The fourth-order valence-corrected chi connectivity index (χ4v) is 5.00. The van der Waals surface area contributed by atoms with Gasteiger partial charge in [0.2, 0.25) is 5.91 Å². The number of carbonyl (C=O) groups excluding carboxylic acids is 2. The zero-order valence-electron chi connectivity index (χ0n) is 17.9. The maximum Gasteiger partial charge on any atom is 0.255 e. The number of carbonyl (C=O) groups is 2. The molecule has 0 aliphatic heterocycles. The van der Waals surface area contributed by atoms with E-state index in [0.717, 1.165) is 24.0 Å². The van der Waals surface area contributed by atoms with E-state index < -0.39 is 0 Å². The number of fused-ring (bicyclic) bond motifs is 1. The molecule has 3 aromatic carbocycles. The van der Waals surface area contributed by atoms with Gasteiger partial charge in [-0.15, -0.1) is 11.3 Å². The van der Waals surface area contributed by atoms with Crippen LogP contribution in [0.3, 0.4) is 0 Å². The minimum atomic E-state index is -0.313. The molecule has 0 fully saturated rings. The van der Waals surface area contributed by atoms with E-state index in [2.05, 4.69) is 21.7 Å². The fraction of sp³-hybridized carbons (Fsp3) is 0.115. The number of hydrogen-bond donors (Lipinski definition) is 3. The van der Waals surface area contributed by atoms with Crippen molar-refractivity contribution in [3.05, 3.63) is 93.8 Å². The monoisotopic (exact) mass is 489 g/mol. The van der Waals surface area contributed by atoms with Crippen LogP contribution in [-0.2, 0) is 11.2 Å². The molecule has 34 heavy (non-hydrogen) atoms. The summed E-state index contributed by atoms with van der Waals surface area (Å²) in [5.74, 6) is -0.576. The maximum absolute atomic E-state index is 12.9. The number of nitrogens with zero attached hydrogens (tertiary/aromatic N) is 1. The van der Waals surface area contributed by atoms with E-state index in [1.165, 1.54) is 29.0 Å². The molecule has 8 heteroatoms. The molecular weight excluding hydrogens is 470 g/mol. The molecule has 0 saturated carbocycles. The van der Waals surface area contributed by atoms with Gasteiger partial charge in [-0.3, -0.25) is 9.59 Å². The molecule has 1 aliphatic rings. The molecule has 1 unspecified atom stereocenters.